The van der Waals surface area contributed by atoms with Gasteiger partial charge in [-0.15, -0.1) is 0 Å². The lowest BCUT2D eigenvalue weighted by Gasteiger charge is -2.33. The van der Waals surface area contributed by atoms with E-state index in [9.17, 15) is 0 Å². The summed E-state index contributed by atoms with van der Waals surface area (Å²) in [6.45, 7) is 7.69. The number of halogens is 2. The summed E-state index contributed by atoms with van der Waals surface area (Å²) in [5.41, 5.74) is 3.33. The fourth-order valence-corrected chi connectivity index (χ4v) is 4.00. The number of guanidine groups is 1. The van der Waals surface area contributed by atoms with Gasteiger partial charge in [0.1, 0.15) is 5.76 Å². The first kappa shape index (κ1) is 21.9. The monoisotopic (exact) mass is 437 g/mol. The van der Waals surface area contributed by atoms with Crippen LogP contribution in [0, 0.1) is 13.8 Å². The number of aryl methyl sites for hydroxylation is 2. The first-order chi connectivity index (χ1) is 14.0. The molecule has 3 rings (SSSR count). The highest BCUT2D eigenvalue weighted by molar-refractivity contribution is 6.42. The van der Waals surface area contributed by atoms with Crippen LogP contribution in [-0.4, -0.2) is 48.7 Å². The Morgan fingerprint density at radius 3 is 2.62 bits per heavy atom. The molecule has 2 aromatic rings. The van der Waals surface area contributed by atoms with Crippen LogP contribution < -0.4 is 10.6 Å². The molecule has 1 aliphatic rings. The van der Waals surface area contributed by atoms with Gasteiger partial charge in [0, 0.05) is 44.8 Å². The molecule has 158 valence electrons. The molecular formula is C21H29Cl2N5O. The maximum Gasteiger partial charge on any atom is 0.191 e. The number of aromatic nitrogens is 1. The molecule has 2 heterocycles. The van der Waals surface area contributed by atoms with E-state index in [1.54, 1.807) is 0 Å². The second-order valence-corrected chi connectivity index (χ2v) is 8.31. The van der Waals surface area contributed by atoms with Crippen LogP contribution in [0.25, 0.3) is 0 Å². The van der Waals surface area contributed by atoms with E-state index in [2.05, 4.69) is 25.7 Å². The topological polar surface area (TPSA) is 65.7 Å². The molecule has 1 aromatic carbocycles. The lowest BCUT2D eigenvalue weighted by molar-refractivity contribution is 0.198. The molecule has 0 radical (unpaired) electrons. The van der Waals surface area contributed by atoms with Crippen LogP contribution in [0.2, 0.25) is 10.0 Å². The Labute approximate surface area is 182 Å². The Morgan fingerprint density at radius 1 is 1.24 bits per heavy atom. The first-order valence-corrected chi connectivity index (χ1v) is 10.8. The molecule has 29 heavy (non-hydrogen) atoms. The van der Waals surface area contributed by atoms with E-state index in [4.69, 9.17) is 27.7 Å². The maximum atomic E-state index is 6.13. The second kappa shape index (κ2) is 10.3. The third-order valence-corrected chi connectivity index (χ3v) is 6.13. The zero-order valence-corrected chi connectivity index (χ0v) is 18.8. The van der Waals surface area contributed by atoms with Gasteiger partial charge in [-0.3, -0.25) is 9.89 Å². The lowest BCUT2D eigenvalue weighted by Crippen LogP contribution is -2.48. The molecular weight excluding hydrogens is 409 g/mol. The van der Waals surface area contributed by atoms with Crippen LogP contribution in [0.1, 0.15) is 35.4 Å². The van der Waals surface area contributed by atoms with Gasteiger partial charge in [-0.2, -0.15) is 0 Å². The fraction of sp³-hybridized carbons (Fsp3) is 0.524. The summed E-state index contributed by atoms with van der Waals surface area (Å²) in [4.78, 5) is 6.81. The molecule has 0 spiro atoms. The third-order valence-electron chi connectivity index (χ3n) is 5.39. The normalized spacial score (nSPS) is 16.2. The molecule has 0 atom stereocenters. The van der Waals surface area contributed by atoms with Crippen LogP contribution in [0.4, 0.5) is 0 Å². The standard InChI is InChI=1S/C21H29Cl2N5O/c1-14-18(15(2)29-27-14)6-9-25-21(24-3)26-17-7-10-28(11-8-17)13-16-4-5-19(22)20(23)12-16/h4-5,12,17H,6-11,13H2,1-3H3,(H2,24,25,26). The summed E-state index contributed by atoms with van der Waals surface area (Å²) >= 11 is 12.1. The molecule has 0 aliphatic carbocycles. The first-order valence-electron chi connectivity index (χ1n) is 10.0. The molecule has 1 aliphatic heterocycles. The summed E-state index contributed by atoms with van der Waals surface area (Å²) in [6.07, 6.45) is 3.02. The van der Waals surface area contributed by atoms with Crippen molar-refractivity contribution < 1.29 is 4.52 Å². The molecule has 2 N–H and O–H groups in total. The minimum Gasteiger partial charge on any atom is -0.361 e. The van der Waals surface area contributed by atoms with Crippen molar-refractivity contribution in [3.05, 3.63) is 50.8 Å². The molecule has 1 saturated heterocycles. The minimum atomic E-state index is 0.422. The fourth-order valence-electron chi connectivity index (χ4n) is 3.68. The molecule has 1 fully saturated rings. The van der Waals surface area contributed by atoms with Gasteiger partial charge in [0.05, 0.1) is 15.7 Å². The third kappa shape index (κ3) is 6.11. The minimum absolute atomic E-state index is 0.422. The molecule has 6 nitrogen and oxygen atoms in total. The van der Waals surface area contributed by atoms with Gasteiger partial charge in [0.15, 0.2) is 5.96 Å². The van der Waals surface area contributed by atoms with E-state index in [0.717, 1.165) is 62.9 Å². The number of nitrogens with zero attached hydrogens (tertiary/aromatic N) is 3. The van der Waals surface area contributed by atoms with Crippen molar-refractivity contribution in [2.75, 3.05) is 26.7 Å². The van der Waals surface area contributed by atoms with Crippen molar-refractivity contribution in [1.29, 1.82) is 0 Å². The van der Waals surface area contributed by atoms with E-state index in [-0.39, 0.29) is 0 Å². The SMILES string of the molecule is CN=C(NCCc1c(C)noc1C)NC1CCN(Cc2ccc(Cl)c(Cl)c2)CC1. The summed E-state index contributed by atoms with van der Waals surface area (Å²) in [5, 5.41) is 12.2. The van der Waals surface area contributed by atoms with Crippen molar-refractivity contribution in [1.82, 2.24) is 20.7 Å². The Hall–Kier alpha value is -1.76. The largest absolute Gasteiger partial charge is 0.361 e. The quantitative estimate of drug-likeness (QED) is 0.528. The number of benzene rings is 1. The average Bonchev–Trinajstić information content (AvgIpc) is 3.03. The van der Waals surface area contributed by atoms with E-state index < -0.39 is 0 Å². The Kier molecular flexibility index (Phi) is 7.81. The van der Waals surface area contributed by atoms with E-state index in [1.165, 1.54) is 11.1 Å². The predicted molar refractivity (Wildman–Crippen MR) is 119 cm³/mol. The van der Waals surface area contributed by atoms with Gasteiger partial charge >= 0.3 is 0 Å². The van der Waals surface area contributed by atoms with Crippen molar-refractivity contribution >= 4 is 29.2 Å². The van der Waals surface area contributed by atoms with Crippen molar-refractivity contribution in [3.8, 4) is 0 Å². The van der Waals surface area contributed by atoms with Gasteiger partial charge in [0.2, 0.25) is 0 Å². The number of piperidine rings is 1. The van der Waals surface area contributed by atoms with Gasteiger partial charge in [-0.25, -0.2) is 0 Å². The number of hydrogen-bond acceptors (Lipinski definition) is 4. The summed E-state index contributed by atoms with van der Waals surface area (Å²) < 4.78 is 5.22. The highest BCUT2D eigenvalue weighted by atomic mass is 35.5. The van der Waals surface area contributed by atoms with Gasteiger partial charge in [0.25, 0.3) is 0 Å². The molecule has 0 amide bonds. The van der Waals surface area contributed by atoms with E-state index in [1.807, 2.05) is 39.1 Å². The van der Waals surface area contributed by atoms with Crippen LogP contribution in [0.5, 0.6) is 0 Å². The highest BCUT2D eigenvalue weighted by Gasteiger charge is 2.20. The Balaban J connectivity index is 1.41. The Morgan fingerprint density at radius 2 is 2.00 bits per heavy atom. The Bertz CT molecular complexity index is 824. The number of nitrogens with one attached hydrogen (secondary N) is 2. The van der Waals surface area contributed by atoms with Crippen LogP contribution in [0.3, 0.4) is 0 Å². The van der Waals surface area contributed by atoms with Crippen LogP contribution in [0.15, 0.2) is 27.7 Å². The molecule has 8 heteroatoms. The van der Waals surface area contributed by atoms with E-state index >= 15 is 0 Å². The summed E-state index contributed by atoms with van der Waals surface area (Å²) in [5.74, 6) is 1.74. The van der Waals surface area contributed by atoms with Gasteiger partial charge in [-0.1, -0.05) is 34.4 Å². The second-order valence-electron chi connectivity index (χ2n) is 7.49. The average molecular weight is 438 g/mol. The maximum absolute atomic E-state index is 6.13. The van der Waals surface area contributed by atoms with Gasteiger partial charge in [-0.05, 0) is 50.8 Å². The van der Waals surface area contributed by atoms with Crippen molar-refractivity contribution in [3.63, 3.8) is 0 Å². The predicted octanol–water partition coefficient (Wildman–Crippen LogP) is 3.97. The van der Waals surface area contributed by atoms with Crippen molar-refractivity contribution in [2.45, 2.75) is 45.7 Å². The molecule has 1 aromatic heterocycles. The zero-order valence-electron chi connectivity index (χ0n) is 17.3. The molecule has 0 bridgehead atoms. The lowest BCUT2D eigenvalue weighted by atomic mass is 10.0. The van der Waals surface area contributed by atoms with Crippen LogP contribution >= 0.6 is 23.2 Å². The van der Waals surface area contributed by atoms with Crippen molar-refractivity contribution in [2.24, 2.45) is 4.99 Å². The number of aliphatic imine (C=N–C) groups is 1. The summed E-state index contributed by atoms with van der Waals surface area (Å²) in [7, 11) is 1.81. The van der Waals surface area contributed by atoms with Gasteiger partial charge < -0.3 is 15.2 Å². The zero-order chi connectivity index (χ0) is 20.8. The summed E-state index contributed by atoms with van der Waals surface area (Å²) in [6, 6.07) is 6.29. The van der Waals surface area contributed by atoms with Crippen LogP contribution in [-0.2, 0) is 13.0 Å². The number of rotatable bonds is 6. The van der Waals surface area contributed by atoms with E-state index in [0.29, 0.717) is 16.1 Å². The number of hydrogen-bond donors (Lipinski definition) is 2. The molecule has 0 unspecified atom stereocenters. The highest BCUT2D eigenvalue weighted by Crippen LogP contribution is 2.24. The number of likely N-dealkylation sites (tertiary alicyclic amines) is 1. The molecule has 0 saturated carbocycles. The smallest absolute Gasteiger partial charge is 0.191 e.